The van der Waals surface area contributed by atoms with Crippen LogP contribution < -0.4 is 19.5 Å². The number of carboxylic acid groups (broad SMARTS) is 1. The molecule has 1 fully saturated rings. The van der Waals surface area contributed by atoms with Crippen LogP contribution in [0.4, 0.5) is 0 Å². The van der Waals surface area contributed by atoms with E-state index in [9.17, 15) is 39.3 Å². The summed E-state index contributed by atoms with van der Waals surface area (Å²) in [6.07, 6.45) is -4.02. The minimum atomic E-state index is -5.32. The highest BCUT2D eigenvalue weighted by Gasteiger charge is 2.48. The normalized spacial score (nSPS) is 26.6. The average molecular weight is 392 g/mol. The second kappa shape index (κ2) is 7.40. The van der Waals surface area contributed by atoms with E-state index in [1.165, 1.54) is 0 Å². The molecule has 25 heavy (non-hydrogen) atoms. The van der Waals surface area contributed by atoms with Crippen molar-refractivity contribution >= 4 is 31.5 Å². The molecule has 1 aromatic rings. The number of carbonyl (C=O) groups excluding carboxylic acids is 2. The van der Waals surface area contributed by atoms with Crippen molar-refractivity contribution in [1.29, 1.82) is 0 Å². The van der Waals surface area contributed by atoms with Crippen LogP contribution in [0.25, 0.3) is 0 Å². The monoisotopic (exact) mass is 392 g/mol. The van der Waals surface area contributed by atoms with Crippen molar-refractivity contribution in [2.75, 3.05) is 6.61 Å². The minimum absolute atomic E-state index is 0.203. The Labute approximate surface area is 146 Å². The van der Waals surface area contributed by atoms with Crippen LogP contribution >= 0.6 is 7.82 Å². The number of nitrogens with zero attached hydrogens (tertiary/aromatic N) is 1. The zero-order valence-corrected chi connectivity index (χ0v) is 13.9. The fourth-order valence-corrected chi connectivity index (χ4v) is 2.69. The lowest BCUT2D eigenvalue weighted by molar-refractivity contribution is -0.766. The van der Waals surface area contributed by atoms with E-state index in [0.29, 0.717) is 0 Å². The van der Waals surface area contributed by atoms with Gasteiger partial charge in [0, 0.05) is 5.12 Å². The molecule has 11 nitrogen and oxygen atoms in total. The Hall–Kier alpha value is -1.50. The number of aromatic nitrogens is 1. The number of aliphatic hydroxyl groups excluding tert-OH is 2. The summed E-state index contributed by atoms with van der Waals surface area (Å²) >= 11 is 4.45. The van der Waals surface area contributed by atoms with Crippen LogP contribution in [0, 0.1) is 0 Å². The van der Waals surface area contributed by atoms with Gasteiger partial charge in [0.2, 0.25) is 0 Å². The number of aliphatic hydroxyl groups is 2. The minimum Gasteiger partial charge on any atom is -0.790 e. The number of aromatic carboxylic acids is 1. The summed E-state index contributed by atoms with van der Waals surface area (Å²) in [6.45, 7) is -0.855. The second-order valence-corrected chi connectivity index (χ2v) is 6.65. The first-order valence-electron chi connectivity index (χ1n) is 6.66. The number of ether oxygens (including phenoxy) is 1. The van der Waals surface area contributed by atoms with E-state index in [0.717, 1.165) is 23.0 Å². The molecule has 0 unspecified atom stereocenters. The predicted molar refractivity (Wildman–Crippen MR) is 72.1 cm³/mol. The third kappa shape index (κ3) is 4.77. The van der Waals surface area contributed by atoms with Gasteiger partial charge in [-0.25, -0.2) is 0 Å². The van der Waals surface area contributed by atoms with Gasteiger partial charge in [-0.3, -0.25) is 0 Å². The highest BCUT2D eigenvalue weighted by molar-refractivity contribution is 7.77. The number of carbonyl (C=O) groups is 2. The first-order valence-corrected chi connectivity index (χ1v) is 8.53. The van der Waals surface area contributed by atoms with Gasteiger partial charge >= 0.3 is 0 Å². The zero-order chi connectivity index (χ0) is 18.9. The molecule has 1 aliphatic heterocycles. The van der Waals surface area contributed by atoms with Crippen LogP contribution in [0.5, 0.6) is 0 Å². The number of hydrogen-bond donors (Lipinski definition) is 2. The number of pyridine rings is 1. The summed E-state index contributed by atoms with van der Waals surface area (Å²) in [5, 5.41) is 30.0. The molecule has 0 amide bonds. The zero-order valence-electron chi connectivity index (χ0n) is 12.2. The lowest BCUT2D eigenvalue weighted by atomic mass is 10.1. The smallest absolute Gasteiger partial charge is 0.292 e. The Kier molecular flexibility index (Phi) is 5.86. The van der Waals surface area contributed by atoms with Crippen LogP contribution in [0.2, 0.25) is 0 Å². The van der Waals surface area contributed by atoms with Gasteiger partial charge in [-0.1, -0.05) is 0 Å². The standard InChI is InChI=1S/C12H14NO10PS/c14-8-7(4-22-24(19,20)21)23-10(9(8)15)13-2-5(11(16)17)1-6(3-13)12(18)25/h1-3,7-10,14-15H,4H2,(H3-,16,17,18,19,20,21,25)/p-3/t7-,8-,9-,10-/m1/s1. The summed E-state index contributed by atoms with van der Waals surface area (Å²) in [5.41, 5.74) is -0.644. The number of carboxylic acids is 1. The van der Waals surface area contributed by atoms with E-state index in [1.807, 2.05) is 0 Å². The molecule has 2 heterocycles. The number of phosphoric acid groups is 1. The summed E-state index contributed by atoms with van der Waals surface area (Å²) in [6, 6.07) is 0.963. The maximum Gasteiger partial charge on any atom is 0.292 e. The van der Waals surface area contributed by atoms with Gasteiger partial charge in [-0.2, -0.15) is 4.57 Å². The molecule has 0 radical (unpaired) electrons. The largest absolute Gasteiger partial charge is 0.790 e. The molecule has 2 rings (SSSR count). The van der Waals surface area contributed by atoms with Crippen LogP contribution in [0.3, 0.4) is 0 Å². The van der Waals surface area contributed by atoms with E-state index in [2.05, 4.69) is 17.2 Å². The lowest BCUT2D eigenvalue weighted by Crippen LogP contribution is -2.47. The van der Waals surface area contributed by atoms with Crippen LogP contribution in [0.1, 0.15) is 26.9 Å². The summed E-state index contributed by atoms with van der Waals surface area (Å²) in [7, 11) is -5.32. The molecule has 0 spiro atoms. The van der Waals surface area contributed by atoms with Gasteiger partial charge in [-0.15, -0.1) is 0 Å². The van der Waals surface area contributed by atoms with E-state index < -0.39 is 55.6 Å². The SMILES string of the molecule is O=C([O-])c1cc(C(=O)[S-])c[n+]([C@@H]2O[C@H](COP(=O)([O-])[O-])[C@@H](O)[C@H]2O)c1. The van der Waals surface area contributed by atoms with E-state index in [1.54, 1.807) is 0 Å². The molecule has 0 saturated carbocycles. The average Bonchev–Trinajstić information content (AvgIpc) is 2.79. The molecule has 0 aromatic carbocycles. The molecule has 0 aliphatic carbocycles. The van der Waals surface area contributed by atoms with Crippen molar-refractivity contribution in [1.82, 2.24) is 0 Å². The molecule has 1 saturated heterocycles. The Morgan fingerprint density at radius 3 is 2.40 bits per heavy atom. The lowest BCUT2D eigenvalue weighted by Gasteiger charge is -2.30. The van der Waals surface area contributed by atoms with Crippen LogP contribution in [-0.2, 0) is 26.5 Å². The molecule has 4 atom stereocenters. The molecular weight excluding hydrogens is 381 g/mol. The Morgan fingerprint density at radius 1 is 1.28 bits per heavy atom. The van der Waals surface area contributed by atoms with E-state index >= 15 is 0 Å². The summed E-state index contributed by atoms with van der Waals surface area (Å²) < 4.78 is 20.7. The van der Waals surface area contributed by atoms with Gasteiger partial charge in [0.1, 0.15) is 12.2 Å². The van der Waals surface area contributed by atoms with Crippen molar-refractivity contribution in [3.8, 4) is 0 Å². The number of phosphoric ester groups is 1. The molecule has 0 bridgehead atoms. The number of hydrogen-bond acceptors (Lipinski definition) is 11. The van der Waals surface area contributed by atoms with Gasteiger partial charge in [0.05, 0.1) is 31.5 Å². The second-order valence-electron chi connectivity index (χ2n) is 5.12. The molecule has 13 heteroatoms. The predicted octanol–water partition coefficient (Wildman–Crippen LogP) is -4.51. The maximum atomic E-state index is 11.3. The Morgan fingerprint density at radius 2 is 1.88 bits per heavy atom. The maximum absolute atomic E-state index is 11.3. The van der Waals surface area contributed by atoms with Gasteiger partial charge in [0.15, 0.2) is 18.5 Å². The highest BCUT2D eigenvalue weighted by Crippen LogP contribution is 2.30. The van der Waals surface area contributed by atoms with E-state index in [-0.39, 0.29) is 5.56 Å². The van der Waals surface area contributed by atoms with Gasteiger partial charge < -0.3 is 61.1 Å². The highest BCUT2D eigenvalue weighted by atomic mass is 32.1. The van der Waals surface area contributed by atoms with Crippen LogP contribution in [-0.4, -0.2) is 46.2 Å². The summed E-state index contributed by atoms with van der Waals surface area (Å²) in [5.74, 6) is -1.63. The third-order valence-corrected chi connectivity index (χ3v) is 4.09. The number of rotatable bonds is 6. The van der Waals surface area contributed by atoms with Crippen molar-refractivity contribution in [3.05, 3.63) is 29.6 Å². The van der Waals surface area contributed by atoms with Gasteiger partial charge in [0.25, 0.3) is 6.23 Å². The first kappa shape index (κ1) is 19.8. The quantitative estimate of drug-likeness (QED) is 0.270. The summed E-state index contributed by atoms with van der Waals surface area (Å²) in [4.78, 5) is 43.3. The molecule has 1 aliphatic rings. The fourth-order valence-electron chi connectivity index (χ4n) is 2.25. The molecule has 1 aromatic heterocycles. The van der Waals surface area contributed by atoms with Crippen molar-refractivity contribution in [3.63, 3.8) is 0 Å². The Balaban J connectivity index is 2.30. The Bertz CT molecular complexity index is 704. The molecule has 2 N–H and O–H groups in total. The van der Waals surface area contributed by atoms with Crippen molar-refractivity contribution in [2.45, 2.75) is 24.5 Å². The topological polar surface area (TPSA) is 183 Å². The van der Waals surface area contributed by atoms with Gasteiger partial charge in [-0.05, 0) is 6.07 Å². The van der Waals surface area contributed by atoms with Crippen LogP contribution in [0.15, 0.2) is 18.5 Å². The molecule has 138 valence electrons. The van der Waals surface area contributed by atoms with E-state index in [4.69, 9.17) is 4.74 Å². The molecular formula is C12H11NO10PS-3. The third-order valence-electron chi connectivity index (χ3n) is 3.39. The van der Waals surface area contributed by atoms with Crippen molar-refractivity contribution < 1.29 is 53.1 Å². The fraction of sp³-hybridized carbons (Fsp3) is 0.417. The van der Waals surface area contributed by atoms with Crippen molar-refractivity contribution in [2.24, 2.45) is 0 Å². The first-order chi connectivity index (χ1) is 11.5.